The van der Waals surface area contributed by atoms with Gasteiger partial charge in [0.2, 0.25) is 0 Å². The Morgan fingerprint density at radius 1 is 1.33 bits per heavy atom. The molecule has 1 unspecified atom stereocenters. The molecule has 146 valence electrons. The molecule has 0 radical (unpaired) electrons. The number of halogens is 4. The Balaban J connectivity index is 1.90. The standard InChI is InChI=1S/C16H15F4N3O3S/c1-9-7-13(23(22-9)10-5-6-27(25,26)8-10)21-15(24)11-3-2-4-12(14(11)17)16(18,19)20/h2-4,7,10H,5-6,8H2,1H3,(H,21,24). The van der Waals surface area contributed by atoms with Gasteiger partial charge in [0.05, 0.1) is 34.4 Å². The third kappa shape index (κ3) is 3.97. The number of benzene rings is 1. The van der Waals surface area contributed by atoms with Gasteiger partial charge < -0.3 is 5.32 Å². The monoisotopic (exact) mass is 405 g/mol. The minimum Gasteiger partial charge on any atom is -0.307 e. The maximum absolute atomic E-state index is 14.1. The number of anilines is 1. The summed E-state index contributed by atoms with van der Waals surface area (Å²) in [6, 6.07) is 3.35. The van der Waals surface area contributed by atoms with E-state index in [0.29, 0.717) is 18.2 Å². The summed E-state index contributed by atoms with van der Waals surface area (Å²) < 4.78 is 77.3. The van der Waals surface area contributed by atoms with E-state index >= 15 is 0 Å². The molecule has 11 heteroatoms. The van der Waals surface area contributed by atoms with Crippen molar-refractivity contribution >= 4 is 21.6 Å². The molecule has 1 aromatic heterocycles. The number of alkyl halides is 3. The van der Waals surface area contributed by atoms with Crippen LogP contribution in [-0.4, -0.2) is 35.6 Å². The number of nitrogens with one attached hydrogen (secondary N) is 1. The summed E-state index contributed by atoms with van der Waals surface area (Å²) in [5.74, 6) is -2.84. The van der Waals surface area contributed by atoms with Crippen molar-refractivity contribution in [2.75, 3.05) is 16.8 Å². The molecule has 0 bridgehead atoms. The quantitative estimate of drug-likeness (QED) is 0.797. The molecule has 1 N–H and O–H groups in total. The normalized spacial score (nSPS) is 19.2. The van der Waals surface area contributed by atoms with E-state index in [9.17, 15) is 30.8 Å². The Labute approximate surface area is 152 Å². The zero-order valence-electron chi connectivity index (χ0n) is 14.0. The molecule has 3 rings (SSSR count). The van der Waals surface area contributed by atoms with Gasteiger partial charge in [-0.1, -0.05) is 6.07 Å². The van der Waals surface area contributed by atoms with Crippen LogP contribution >= 0.6 is 0 Å². The minimum absolute atomic E-state index is 0.0216. The zero-order chi connectivity index (χ0) is 20.0. The highest BCUT2D eigenvalue weighted by Gasteiger charge is 2.36. The van der Waals surface area contributed by atoms with Crippen molar-refractivity contribution in [1.29, 1.82) is 0 Å². The van der Waals surface area contributed by atoms with E-state index in [0.717, 1.165) is 12.1 Å². The van der Waals surface area contributed by atoms with Crippen LogP contribution in [0.5, 0.6) is 0 Å². The van der Waals surface area contributed by atoms with Gasteiger partial charge in [0, 0.05) is 6.07 Å². The molecule has 1 aliphatic rings. The second-order valence-electron chi connectivity index (χ2n) is 6.29. The molecule has 2 heterocycles. The number of aryl methyl sites for hydroxylation is 1. The predicted molar refractivity (Wildman–Crippen MR) is 88.6 cm³/mol. The fraction of sp³-hybridized carbons (Fsp3) is 0.375. The Bertz CT molecular complexity index is 999. The van der Waals surface area contributed by atoms with Crippen molar-refractivity contribution in [3.8, 4) is 0 Å². The molecular weight excluding hydrogens is 390 g/mol. The van der Waals surface area contributed by atoms with Crippen molar-refractivity contribution in [2.45, 2.75) is 25.6 Å². The first-order valence-corrected chi connectivity index (χ1v) is 9.74. The van der Waals surface area contributed by atoms with E-state index in [1.807, 2.05) is 0 Å². The third-order valence-electron chi connectivity index (χ3n) is 4.20. The average molecular weight is 405 g/mol. The fourth-order valence-electron chi connectivity index (χ4n) is 2.97. The third-order valence-corrected chi connectivity index (χ3v) is 5.95. The number of hydrogen-bond donors (Lipinski definition) is 1. The van der Waals surface area contributed by atoms with Gasteiger partial charge in [0.25, 0.3) is 5.91 Å². The van der Waals surface area contributed by atoms with Crippen LogP contribution < -0.4 is 5.32 Å². The van der Waals surface area contributed by atoms with Crippen LogP contribution in [-0.2, 0) is 16.0 Å². The topological polar surface area (TPSA) is 81.1 Å². The molecule has 1 amide bonds. The number of nitrogens with zero attached hydrogens (tertiary/aromatic N) is 2. The number of amides is 1. The van der Waals surface area contributed by atoms with Gasteiger partial charge >= 0.3 is 6.18 Å². The van der Waals surface area contributed by atoms with Gasteiger partial charge in [-0.15, -0.1) is 0 Å². The lowest BCUT2D eigenvalue weighted by Gasteiger charge is -2.15. The van der Waals surface area contributed by atoms with Crippen LogP contribution in [0.2, 0.25) is 0 Å². The summed E-state index contributed by atoms with van der Waals surface area (Å²) in [6.45, 7) is 1.61. The summed E-state index contributed by atoms with van der Waals surface area (Å²) in [7, 11) is -3.22. The van der Waals surface area contributed by atoms with Crippen LogP contribution in [0.25, 0.3) is 0 Å². The van der Waals surface area contributed by atoms with Gasteiger partial charge in [-0.3, -0.25) is 4.79 Å². The zero-order valence-corrected chi connectivity index (χ0v) is 14.9. The summed E-state index contributed by atoms with van der Waals surface area (Å²) in [5, 5.41) is 6.48. The molecule has 6 nitrogen and oxygen atoms in total. The van der Waals surface area contributed by atoms with E-state index in [1.165, 1.54) is 10.7 Å². The van der Waals surface area contributed by atoms with Crippen molar-refractivity contribution in [1.82, 2.24) is 9.78 Å². The molecule has 1 aromatic carbocycles. The summed E-state index contributed by atoms with van der Waals surface area (Å²) in [5.41, 5.74) is -1.84. The van der Waals surface area contributed by atoms with Gasteiger partial charge in [-0.05, 0) is 25.5 Å². The number of aromatic nitrogens is 2. The van der Waals surface area contributed by atoms with Crippen LogP contribution in [0.1, 0.15) is 34.1 Å². The lowest BCUT2D eigenvalue weighted by molar-refractivity contribution is -0.140. The van der Waals surface area contributed by atoms with Crippen molar-refractivity contribution in [3.05, 3.63) is 46.9 Å². The smallest absolute Gasteiger partial charge is 0.307 e. The number of carbonyl (C=O) groups is 1. The van der Waals surface area contributed by atoms with Crippen LogP contribution in [0.15, 0.2) is 24.3 Å². The Hall–Kier alpha value is -2.43. The maximum Gasteiger partial charge on any atom is 0.419 e. The second-order valence-corrected chi connectivity index (χ2v) is 8.52. The number of rotatable bonds is 3. The predicted octanol–water partition coefficient (Wildman–Crippen LogP) is 2.96. The van der Waals surface area contributed by atoms with Crippen LogP contribution in [0, 0.1) is 12.7 Å². The van der Waals surface area contributed by atoms with E-state index in [1.54, 1.807) is 6.92 Å². The lowest BCUT2D eigenvalue weighted by atomic mass is 10.1. The summed E-state index contributed by atoms with van der Waals surface area (Å²) >= 11 is 0. The van der Waals surface area contributed by atoms with Crippen LogP contribution in [0.3, 0.4) is 0 Å². The Morgan fingerprint density at radius 2 is 2.04 bits per heavy atom. The molecule has 1 atom stereocenters. The van der Waals surface area contributed by atoms with Gasteiger partial charge in [-0.2, -0.15) is 18.3 Å². The SMILES string of the molecule is Cc1cc(NC(=O)c2cccc(C(F)(F)F)c2F)n(C2CCS(=O)(=O)C2)n1. The molecular formula is C16H15F4N3O3S. The number of carbonyl (C=O) groups excluding carboxylic acids is 1. The number of hydrogen-bond acceptors (Lipinski definition) is 4. The van der Waals surface area contributed by atoms with Crippen molar-refractivity contribution in [3.63, 3.8) is 0 Å². The highest BCUT2D eigenvalue weighted by molar-refractivity contribution is 7.91. The van der Waals surface area contributed by atoms with E-state index in [2.05, 4.69) is 10.4 Å². The lowest BCUT2D eigenvalue weighted by Crippen LogP contribution is -2.21. The number of sulfone groups is 1. The highest BCUT2D eigenvalue weighted by atomic mass is 32.2. The first kappa shape index (κ1) is 19.3. The largest absolute Gasteiger partial charge is 0.419 e. The maximum atomic E-state index is 14.1. The molecule has 0 saturated carbocycles. The Morgan fingerprint density at radius 3 is 2.63 bits per heavy atom. The minimum atomic E-state index is -4.93. The van der Waals surface area contributed by atoms with Crippen molar-refractivity contribution in [2.24, 2.45) is 0 Å². The second kappa shape index (κ2) is 6.63. The average Bonchev–Trinajstić information content (AvgIpc) is 3.08. The van der Waals surface area contributed by atoms with Gasteiger partial charge in [0.1, 0.15) is 11.6 Å². The Kier molecular flexibility index (Phi) is 4.74. The molecule has 27 heavy (non-hydrogen) atoms. The van der Waals surface area contributed by atoms with E-state index in [-0.39, 0.29) is 17.3 Å². The van der Waals surface area contributed by atoms with Gasteiger partial charge in [-0.25, -0.2) is 17.5 Å². The first-order chi connectivity index (χ1) is 12.5. The molecule has 1 aliphatic heterocycles. The molecule has 1 saturated heterocycles. The molecule has 1 fully saturated rings. The first-order valence-electron chi connectivity index (χ1n) is 7.91. The molecule has 0 spiro atoms. The van der Waals surface area contributed by atoms with E-state index in [4.69, 9.17) is 0 Å². The molecule has 2 aromatic rings. The van der Waals surface area contributed by atoms with Crippen LogP contribution in [0.4, 0.5) is 23.4 Å². The molecule has 0 aliphatic carbocycles. The fourth-order valence-corrected chi connectivity index (χ4v) is 4.66. The summed E-state index contributed by atoms with van der Waals surface area (Å²) in [6.07, 6.45) is -4.64. The van der Waals surface area contributed by atoms with E-state index < -0.39 is 44.9 Å². The highest BCUT2D eigenvalue weighted by Crippen LogP contribution is 2.33. The van der Waals surface area contributed by atoms with Crippen molar-refractivity contribution < 1.29 is 30.8 Å². The van der Waals surface area contributed by atoms with Gasteiger partial charge in [0.15, 0.2) is 9.84 Å². The summed E-state index contributed by atoms with van der Waals surface area (Å²) in [4.78, 5) is 12.3.